The molecule has 0 unspecified atom stereocenters. The van der Waals surface area contributed by atoms with Gasteiger partial charge in [-0.3, -0.25) is 4.79 Å². The minimum Gasteiger partial charge on any atom is -0.312 e. The van der Waals surface area contributed by atoms with Gasteiger partial charge in [0.25, 0.3) is 0 Å². The standard InChI is InChI=1S/C19H19ClFN3O3S2/c20-18-2-1-14(28-18)5-8-29(26,27)23-16-4-7-24(19(16)25)17-10-12-3-6-22-11-13(12)9-15(17)21/h1-2,5,8-10,16,22-23H,3-4,6-7,11H2/t16-/m0/s1. The van der Waals surface area contributed by atoms with Crippen molar-refractivity contribution in [3.8, 4) is 0 Å². The summed E-state index contributed by atoms with van der Waals surface area (Å²) in [5.41, 5.74) is 2.11. The summed E-state index contributed by atoms with van der Waals surface area (Å²) in [6.07, 6.45) is 2.46. The molecule has 2 N–H and O–H groups in total. The lowest BCUT2D eigenvalue weighted by Gasteiger charge is -2.23. The van der Waals surface area contributed by atoms with Crippen molar-refractivity contribution < 1.29 is 17.6 Å². The Balaban J connectivity index is 1.48. The average Bonchev–Trinajstić information content (AvgIpc) is 3.25. The molecule has 2 aliphatic heterocycles. The number of halogens is 2. The molecule has 0 aliphatic carbocycles. The van der Waals surface area contributed by atoms with Crippen molar-refractivity contribution in [2.45, 2.75) is 25.4 Å². The molecule has 4 rings (SSSR count). The molecule has 0 radical (unpaired) electrons. The molecule has 3 heterocycles. The molecule has 1 aromatic carbocycles. The third kappa shape index (κ3) is 4.54. The fraction of sp³-hybridized carbons (Fsp3) is 0.316. The number of amides is 1. The van der Waals surface area contributed by atoms with E-state index in [1.807, 2.05) is 0 Å². The summed E-state index contributed by atoms with van der Waals surface area (Å²) < 4.78 is 42.2. The lowest BCUT2D eigenvalue weighted by atomic mass is 9.99. The minimum absolute atomic E-state index is 0.209. The largest absolute Gasteiger partial charge is 0.312 e. The lowest BCUT2D eigenvalue weighted by Crippen LogP contribution is -2.41. The molecule has 154 valence electrons. The van der Waals surface area contributed by atoms with Gasteiger partial charge in [0.15, 0.2) is 0 Å². The number of sulfonamides is 1. The normalized spacial score (nSPS) is 19.9. The minimum atomic E-state index is -3.83. The molecule has 0 saturated carbocycles. The van der Waals surface area contributed by atoms with Crippen molar-refractivity contribution in [3.63, 3.8) is 0 Å². The van der Waals surface area contributed by atoms with E-state index in [0.717, 1.165) is 29.5 Å². The number of nitrogens with one attached hydrogen (secondary N) is 2. The van der Waals surface area contributed by atoms with Gasteiger partial charge in [-0.05, 0) is 60.9 Å². The first kappa shape index (κ1) is 20.5. The molecule has 0 bridgehead atoms. The highest BCUT2D eigenvalue weighted by Crippen LogP contribution is 2.29. The fourth-order valence-electron chi connectivity index (χ4n) is 3.54. The van der Waals surface area contributed by atoms with Crippen molar-refractivity contribution in [1.29, 1.82) is 0 Å². The molecule has 1 amide bonds. The monoisotopic (exact) mass is 455 g/mol. The number of carbonyl (C=O) groups excluding carboxylic acids is 1. The van der Waals surface area contributed by atoms with Gasteiger partial charge in [-0.25, -0.2) is 12.8 Å². The first-order chi connectivity index (χ1) is 13.8. The molecular formula is C19H19ClFN3O3S2. The zero-order valence-electron chi connectivity index (χ0n) is 15.3. The van der Waals surface area contributed by atoms with E-state index in [1.54, 1.807) is 18.2 Å². The van der Waals surface area contributed by atoms with Gasteiger partial charge < -0.3 is 10.2 Å². The van der Waals surface area contributed by atoms with Crippen LogP contribution in [0, 0.1) is 5.82 Å². The number of hydrogen-bond donors (Lipinski definition) is 2. The fourth-order valence-corrected chi connectivity index (χ4v) is 5.61. The summed E-state index contributed by atoms with van der Waals surface area (Å²) >= 11 is 7.08. The highest BCUT2D eigenvalue weighted by Gasteiger charge is 2.36. The maximum atomic E-state index is 14.6. The number of carbonyl (C=O) groups is 1. The van der Waals surface area contributed by atoms with Crippen LogP contribution in [0.15, 0.2) is 29.7 Å². The van der Waals surface area contributed by atoms with Gasteiger partial charge in [-0.1, -0.05) is 11.6 Å². The number of nitrogens with zero attached hydrogens (tertiary/aromatic N) is 1. The number of thiophene rings is 1. The third-order valence-corrected chi connectivity index (χ3v) is 7.27. The van der Waals surface area contributed by atoms with E-state index < -0.39 is 27.8 Å². The maximum Gasteiger partial charge on any atom is 0.245 e. The molecule has 1 aromatic heterocycles. The number of fused-ring (bicyclic) bond motifs is 1. The Morgan fingerprint density at radius 3 is 2.90 bits per heavy atom. The topological polar surface area (TPSA) is 78.5 Å². The summed E-state index contributed by atoms with van der Waals surface area (Å²) in [7, 11) is -3.83. The summed E-state index contributed by atoms with van der Waals surface area (Å²) in [4.78, 5) is 14.8. The Kier molecular flexibility index (Phi) is 5.76. The van der Waals surface area contributed by atoms with Crippen molar-refractivity contribution in [1.82, 2.24) is 10.0 Å². The zero-order chi connectivity index (χ0) is 20.6. The molecule has 29 heavy (non-hydrogen) atoms. The van der Waals surface area contributed by atoms with Crippen LogP contribution < -0.4 is 14.9 Å². The highest BCUT2D eigenvalue weighted by molar-refractivity contribution is 7.92. The number of rotatable bonds is 5. The SMILES string of the molecule is O=C1[C@@H](NS(=O)(=O)C=Cc2ccc(Cl)s2)CCN1c1cc2c(cc1F)CNCC2. The Bertz CT molecular complexity index is 1080. The van der Waals surface area contributed by atoms with Crippen molar-refractivity contribution in [3.05, 3.63) is 55.8 Å². The molecule has 2 aliphatic rings. The van der Waals surface area contributed by atoms with E-state index in [9.17, 15) is 17.6 Å². The van der Waals surface area contributed by atoms with Crippen LogP contribution in [0.2, 0.25) is 4.34 Å². The van der Waals surface area contributed by atoms with Crippen molar-refractivity contribution in [2.75, 3.05) is 18.0 Å². The van der Waals surface area contributed by atoms with Gasteiger partial charge in [0.05, 0.1) is 10.0 Å². The van der Waals surface area contributed by atoms with E-state index in [4.69, 9.17) is 11.6 Å². The van der Waals surface area contributed by atoms with Crippen LogP contribution in [0.1, 0.15) is 22.4 Å². The van der Waals surface area contributed by atoms with Crippen LogP contribution in [0.5, 0.6) is 0 Å². The molecule has 1 saturated heterocycles. The number of anilines is 1. The maximum absolute atomic E-state index is 14.6. The molecule has 1 fully saturated rings. The van der Waals surface area contributed by atoms with Crippen LogP contribution in [0.4, 0.5) is 10.1 Å². The highest BCUT2D eigenvalue weighted by atomic mass is 35.5. The second-order valence-electron chi connectivity index (χ2n) is 6.94. The smallest absolute Gasteiger partial charge is 0.245 e. The van der Waals surface area contributed by atoms with E-state index in [0.29, 0.717) is 15.8 Å². The predicted molar refractivity (Wildman–Crippen MR) is 113 cm³/mol. The van der Waals surface area contributed by atoms with Gasteiger partial charge in [-0.15, -0.1) is 11.3 Å². The second-order valence-corrected chi connectivity index (χ2v) is 10.3. The first-order valence-corrected chi connectivity index (χ1v) is 11.9. The predicted octanol–water partition coefficient (Wildman–Crippen LogP) is 2.88. The number of hydrogen-bond acceptors (Lipinski definition) is 5. The van der Waals surface area contributed by atoms with Crippen molar-refractivity contribution >= 4 is 50.6 Å². The van der Waals surface area contributed by atoms with Crippen LogP contribution in [-0.4, -0.2) is 33.5 Å². The van der Waals surface area contributed by atoms with Crippen LogP contribution >= 0.6 is 22.9 Å². The molecule has 1 atom stereocenters. The quantitative estimate of drug-likeness (QED) is 0.726. The van der Waals surface area contributed by atoms with Crippen molar-refractivity contribution in [2.24, 2.45) is 0 Å². The Labute approximate surface area is 177 Å². The van der Waals surface area contributed by atoms with E-state index in [1.165, 1.54) is 28.4 Å². The second kappa shape index (κ2) is 8.16. The molecule has 10 heteroatoms. The summed E-state index contributed by atoms with van der Waals surface area (Å²) in [6, 6.07) is 5.62. The van der Waals surface area contributed by atoms with E-state index in [-0.39, 0.29) is 18.7 Å². The summed E-state index contributed by atoms with van der Waals surface area (Å²) in [5, 5.41) is 4.20. The zero-order valence-corrected chi connectivity index (χ0v) is 17.7. The summed E-state index contributed by atoms with van der Waals surface area (Å²) in [6.45, 7) is 1.66. The number of benzene rings is 1. The van der Waals surface area contributed by atoms with Gasteiger partial charge in [-0.2, -0.15) is 4.72 Å². The molecular weight excluding hydrogens is 437 g/mol. The van der Waals surface area contributed by atoms with Crippen LogP contribution in [0.25, 0.3) is 6.08 Å². The van der Waals surface area contributed by atoms with E-state index in [2.05, 4.69) is 10.0 Å². The molecule has 6 nitrogen and oxygen atoms in total. The Morgan fingerprint density at radius 1 is 1.31 bits per heavy atom. The molecule has 2 aromatic rings. The summed E-state index contributed by atoms with van der Waals surface area (Å²) in [5.74, 6) is -0.923. The Morgan fingerprint density at radius 2 is 2.14 bits per heavy atom. The molecule has 0 spiro atoms. The van der Waals surface area contributed by atoms with Gasteiger partial charge in [0.2, 0.25) is 15.9 Å². The van der Waals surface area contributed by atoms with Crippen LogP contribution in [-0.2, 0) is 27.8 Å². The van der Waals surface area contributed by atoms with Crippen LogP contribution in [0.3, 0.4) is 0 Å². The Hall–Kier alpha value is -1.78. The van der Waals surface area contributed by atoms with Gasteiger partial charge in [0.1, 0.15) is 11.9 Å². The average molecular weight is 456 g/mol. The third-order valence-electron chi connectivity index (χ3n) is 4.96. The van der Waals surface area contributed by atoms with Gasteiger partial charge in [0, 0.05) is 23.4 Å². The van der Waals surface area contributed by atoms with Gasteiger partial charge >= 0.3 is 0 Å². The lowest BCUT2D eigenvalue weighted by molar-refractivity contribution is -0.118. The van der Waals surface area contributed by atoms with E-state index >= 15 is 0 Å². The first-order valence-electron chi connectivity index (χ1n) is 9.11.